The Labute approximate surface area is 206 Å². The third-order valence-corrected chi connectivity index (χ3v) is 6.98. The van der Waals surface area contributed by atoms with Gasteiger partial charge in [-0.15, -0.1) is 0 Å². The number of carbonyl (C=O) groups is 2. The zero-order valence-electron chi connectivity index (χ0n) is 19.4. The molecule has 184 valence electrons. The Balaban J connectivity index is 1.51. The Morgan fingerprint density at radius 3 is 2.83 bits per heavy atom. The number of non-ortho nitro benzene ring substituents is 1. The lowest BCUT2D eigenvalue weighted by Crippen LogP contribution is -2.38. The van der Waals surface area contributed by atoms with Crippen molar-refractivity contribution in [1.82, 2.24) is 4.90 Å². The highest BCUT2D eigenvalue weighted by Gasteiger charge is 2.40. The molecule has 0 aromatic heterocycles. The molecular weight excluding hydrogens is 472 g/mol. The Hall–Kier alpha value is -3.44. The van der Waals surface area contributed by atoms with E-state index in [2.05, 4.69) is 5.32 Å². The molecule has 2 saturated heterocycles. The van der Waals surface area contributed by atoms with Crippen molar-refractivity contribution in [3.8, 4) is 5.75 Å². The van der Waals surface area contributed by atoms with E-state index in [4.69, 9.17) is 14.5 Å². The molecule has 0 spiro atoms. The Kier molecular flexibility index (Phi) is 7.67. The number of nitro groups is 1. The maximum Gasteiger partial charge on any atom is 0.273 e. The largest absolute Gasteiger partial charge is 0.494 e. The minimum Gasteiger partial charge on any atom is -0.494 e. The molecule has 0 saturated carbocycles. The number of rotatable bonds is 8. The fourth-order valence-electron chi connectivity index (χ4n) is 3.94. The molecule has 35 heavy (non-hydrogen) atoms. The summed E-state index contributed by atoms with van der Waals surface area (Å²) in [5.41, 5.74) is 1.89. The molecule has 1 N–H and O–H groups in total. The number of benzene rings is 2. The number of anilines is 1. The van der Waals surface area contributed by atoms with Crippen LogP contribution in [0.4, 0.5) is 17.1 Å². The van der Waals surface area contributed by atoms with Crippen molar-refractivity contribution >= 4 is 45.8 Å². The highest BCUT2D eigenvalue weighted by Crippen LogP contribution is 2.34. The van der Waals surface area contributed by atoms with E-state index in [-0.39, 0.29) is 29.9 Å². The van der Waals surface area contributed by atoms with Crippen molar-refractivity contribution < 1.29 is 24.0 Å². The number of carbonyl (C=O) groups excluding carboxylic acids is 2. The number of hydrogen-bond acceptors (Lipinski definition) is 8. The third kappa shape index (κ3) is 5.80. The van der Waals surface area contributed by atoms with E-state index in [1.165, 1.54) is 37.1 Å². The summed E-state index contributed by atoms with van der Waals surface area (Å²) in [5, 5.41) is 13.6. The number of amides is 2. The lowest BCUT2D eigenvalue weighted by atomic mass is 10.2. The fraction of sp³-hybridized carbons (Fsp3) is 0.375. The van der Waals surface area contributed by atoms with Crippen molar-refractivity contribution in [1.29, 1.82) is 0 Å². The zero-order chi connectivity index (χ0) is 24.9. The topological polar surface area (TPSA) is 123 Å². The summed E-state index contributed by atoms with van der Waals surface area (Å²) in [6, 6.07) is 11.6. The molecule has 2 aliphatic rings. The second-order valence-corrected chi connectivity index (χ2v) is 9.44. The van der Waals surface area contributed by atoms with Crippen LogP contribution in [0.5, 0.6) is 5.75 Å². The van der Waals surface area contributed by atoms with Crippen LogP contribution >= 0.6 is 11.8 Å². The van der Waals surface area contributed by atoms with Crippen LogP contribution in [-0.4, -0.2) is 58.4 Å². The summed E-state index contributed by atoms with van der Waals surface area (Å²) in [7, 11) is 1.36. The van der Waals surface area contributed by atoms with Crippen LogP contribution in [0.3, 0.4) is 0 Å². The predicted molar refractivity (Wildman–Crippen MR) is 133 cm³/mol. The van der Waals surface area contributed by atoms with Crippen molar-refractivity contribution in [2.24, 2.45) is 4.99 Å². The molecule has 2 aromatic carbocycles. The van der Waals surface area contributed by atoms with Gasteiger partial charge in [-0.2, -0.15) is 0 Å². The van der Waals surface area contributed by atoms with E-state index in [1.807, 2.05) is 31.2 Å². The minimum atomic E-state index is -0.650. The van der Waals surface area contributed by atoms with Gasteiger partial charge in [0.05, 0.1) is 42.1 Å². The van der Waals surface area contributed by atoms with Gasteiger partial charge in [-0.3, -0.25) is 24.6 Å². The Bertz CT molecular complexity index is 1160. The molecule has 0 bridgehead atoms. The molecule has 0 aliphatic carbocycles. The number of aryl methyl sites for hydroxylation is 1. The molecule has 0 radical (unpaired) electrons. The van der Waals surface area contributed by atoms with Crippen molar-refractivity contribution in [3.05, 3.63) is 58.1 Å². The van der Waals surface area contributed by atoms with Crippen LogP contribution in [0.1, 0.15) is 24.8 Å². The van der Waals surface area contributed by atoms with Gasteiger partial charge in [0.25, 0.3) is 5.69 Å². The van der Waals surface area contributed by atoms with Crippen LogP contribution in [0.25, 0.3) is 0 Å². The van der Waals surface area contributed by atoms with Gasteiger partial charge in [-0.25, -0.2) is 4.99 Å². The molecule has 4 rings (SSSR count). The minimum absolute atomic E-state index is 0.0569. The summed E-state index contributed by atoms with van der Waals surface area (Å²) >= 11 is 1.26. The molecular formula is C24H26N4O6S. The van der Waals surface area contributed by atoms with Crippen LogP contribution in [0.15, 0.2) is 47.5 Å². The van der Waals surface area contributed by atoms with Crippen LogP contribution in [0.2, 0.25) is 0 Å². The molecule has 11 heteroatoms. The SMILES string of the molecule is COc1cc([N+](=O)[O-])ccc1NC(=O)CC1SC(=Nc2ccccc2C)N(CC2CCCO2)C1=O. The predicted octanol–water partition coefficient (Wildman–Crippen LogP) is 4.05. The van der Waals surface area contributed by atoms with Gasteiger partial charge in [-0.05, 0) is 37.5 Å². The first kappa shape index (κ1) is 24.7. The van der Waals surface area contributed by atoms with Gasteiger partial charge in [0.2, 0.25) is 11.8 Å². The van der Waals surface area contributed by atoms with E-state index in [0.717, 1.165) is 24.1 Å². The summed E-state index contributed by atoms with van der Waals surface area (Å²) in [6.45, 7) is 3.02. The highest BCUT2D eigenvalue weighted by molar-refractivity contribution is 8.15. The van der Waals surface area contributed by atoms with E-state index in [1.54, 1.807) is 4.90 Å². The number of amidine groups is 1. The normalized spacial score (nSPS) is 20.9. The first-order chi connectivity index (χ1) is 16.9. The molecule has 2 amide bonds. The van der Waals surface area contributed by atoms with Gasteiger partial charge >= 0.3 is 0 Å². The number of aliphatic imine (C=N–C) groups is 1. The van der Waals surface area contributed by atoms with Gasteiger partial charge in [0.15, 0.2) is 5.17 Å². The molecule has 10 nitrogen and oxygen atoms in total. The quantitative estimate of drug-likeness (QED) is 0.430. The summed E-state index contributed by atoms with van der Waals surface area (Å²) < 4.78 is 10.9. The Morgan fingerprint density at radius 2 is 2.14 bits per heavy atom. The first-order valence-electron chi connectivity index (χ1n) is 11.2. The number of nitro benzene ring substituents is 1. The summed E-state index contributed by atoms with van der Waals surface area (Å²) in [6.07, 6.45) is 1.68. The van der Waals surface area contributed by atoms with Gasteiger partial charge < -0.3 is 14.8 Å². The number of nitrogens with zero attached hydrogens (tertiary/aromatic N) is 3. The van der Waals surface area contributed by atoms with Gasteiger partial charge in [-0.1, -0.05) is 30.0 Å². The van der Waals surface area contributed by atoms with Crippen LogP contribution in [-0.2, 0) is 14.3 Å². The number of hydrogen-bond donors (Lipinski definition) is 1. The Morgan fingerprint density at radius 1 is 1.34 bits per heavy atom. The molecule has 2 fully saturated rings. The smallest absolute Gasteiger partial charge is 0.273 e. The molecule has 2 heterocycles. The maximum absolute atomic E-state index is 13.3. The lowest BCUT2D eigenvalue weighted by Gasteiger charge is -2.20. The zero-order valence-corrected chi connectivity index (χ0v) is 20.2. The van der Waals surface area contributed by atoms with Crippen LogP contribution in [0, 0.1) is 17.0 Å². The van der Waals surface area contributed by atoms with Crippen LogP contribution < -0.4 is 10.1 Å². The molecule has 2 aliphatic heterocycles. The molecule has 2 aromatic rings. The van der Waals surface area contributed by atoms with Gasteiger partial charge in [0.1, 0.15) is 11.0 Å². The second kappa shape index (κ2) is 10.9. The van der Waals surface area contributed by atoms with Gasteiger partial charge in [0, 0.05) is 19.1 Å². The van der Waals surface area contributed by atoms with Crippen molar-refractivity contribution in [2.75, 3.05) is 25.6 Å². The first-order valence-corrected chi connectivity index (χ1v) is 12.1. The third-order valence-electron chi connectivity index (χ3n) is 5.80. The number of ether oxygens (including phenoxy) is 2. The lowest BCUT2D eigenvalue weighted by molar-refractivity contribution is -0.384. The number of thioether (sulfide) groups is 1. The highest BCUT2D eigenvalue weighted by atomic mass is 32.2. The van der Waals surface area contributed by atoms with E-state index >= 15 is 0 Å². The number of para-hydroxylation sites is 1. The number of nitrogens with one attached hydrogen (secondary N) is 1. The molecule has 2 atom stereocenters. The van der Waals surface area contributed by atoms with E-state index in [9.17, 15) is 19.7 Å². The number of methoxy groups -OCH3 is 1. The average Bonchev–Trinajstić information content (AvgIpc) is 3.45. The monoisotopic (exact) mass is 498 g/mol. The van der Waals surface area contributed by atoms with E-state index < -0.39 is 16.1 Å². The average molecular weight is 499 g/mol. The fourth-order valence-corrected chi connectivity index (χ4v) is 5.10. The second-order valence-electron chi connectivity index (χ2n) is 8.27. The maximum atomic E-state index is 13.3. The van der Waals surface area contributed by atoms with E-state index in [0.29, 0.717) is 24.0 Å². The summed E-state index contributed by atoms with van der Waals surface area (Å²) in [4.78, 5) is 42.9. The molecule has 2 unspecified atom stereocenters. The standard InChI is InChI=1S/C24H26N4O6S/c1-15-6-3-4-8-18(15)26-24-27(14-17-7-5-11-34-17)23(30)21(35-24)13-22(29)25-19-10-9-16(28(31)32)12-20(19)33-2/h3-4,6,8-10,12,17,21H,5,7,11,13-14H2,1-2H3,(H,25,29). The van der Waals surface area contributed by atoms with Crippen molar-refractivity contribution in [3.63, 3.8) is 0 Å². The summed E-state index contributed by atoms with van der Waals surface area (Å²) in [5.74, 6) is -0.430. The van der Waals surface area contributed by atoms with Crippen molar-refractivity contribution in [2.45, 2.75) is 37.5 Å².